The van der Waals surface area contributed by atoms with Gasteiger partial charge in [-0.1, -0.05) is 13.8 Å². The highest BCUT2D eigenvalue weighted by Crippen LogP contribution is 2.10. The van der Waals surface area contributed by atoms with Gasteiger partial charge in [0, 0.05) is 26.1 Å². The molecule has 1 rings (SSSR count). The first-order chi connectivity index (χ1) is 6.70. The quantitative estimate of drug-likeness (QED) is 0.687. The molecule has 0 aromatic heterocycles. The number of hydrogen-bond acceptors (Lipinski definition) is 2. The highest BCUT2D eigenvalue weighted by atomic mass is 16.5. The van der Waals surface area contributed by atoms with E-state index in [0.717, 1.165) is 38.6 Å². The van der Waals surface area contributed by atoms with Crippen molar-refractivity contribution in [2.24, 2.45) is 5.92 Å². The summed E-state index contributed by atoms with van der Waals surface area (Å²) in [7, 11) is 0. The first kappa shape index (κ1) is 11.5. The predicted octanol–water partition coefficient (Wildman–Crippen LogP) is 2.12. The van der Waals surface area contributed by atoms with Crippen molar-refractivity contribution in [2.75, 3.05) is 26.3 Å². The van der Waals surface area contributed by atoms with Gasteiger partial charge in [-0.05, 0) is 18.8 Å². The summed E-state index contributed by atoms with van der Waals surface area (Å²) < 4.78 is 5.51. The van der Waals surface area contributed by atoms with Crippen LogP contribution in [0.25, 0.3) is 0 Å². The summed E-state index contributed by atoms with van der Waals surface area (Å²) in [6, 6.07) is 0. The van der Waals surface area contributed by atoms with Crippen LogP contribution in [0.3, 0.4) is 0 Å². The monoisotopic (exact) mass is 198 g/mol. The Morgan fingerprint density at radius 1 is 1.43 bits per heavy atom. The van der Waals surface area contributed by atoms with Gasteiger partial charge in [-0.3, -0.25) is 5.41 Å². The molecule has 0 atom stereocenters. The second kappa shape index (κ2) is 6.02. The zero-order chi connectivity index (χ0) is 10.4. The predicted molar refractivity (Wildman–Crippen MR) is 58.8 cm³/mol. The highest BCUT2D eigenvalue weighted by molar-refractivity contribution is 5.79. The van der Waals surface area contributed by atoms with E-state index >= 15 is 0 Å². The molecule has 1 heterocycles. The van der Waals surface area contributed by atoms with E-state index in [4.69, 9.17) is 10.1 Å². The number of likely N-dealkylation sites (tertiary alicyclic amines) is 1. The van der Waals surface area contributed by atoms with Crippen LogP contribution in [0.15, 0.2) is 0 Å². The van der Waals surface area contributed by atoms with E-state index in [1.165, 1.54) is 12.8 Å². The van der Waals surface area contributed by atoms with Crippen LogP contribution in [0.1, 0.15) is 33.1 Å². The molecule has 0 unspecified atom stereocenters. The van der Waals surface area contributed by atoms with Crippen molar-refractivity contribution in [1.29, 1.82) is 5.41 Å². The van der Waals surface area contributed by atoms with Crippen LogP contribution >= 0.6 is 0 Å². The van der Waals surface area contributed by atoms with Crippen LogP contribution in [0.4, 0.5) is 0 Å². The van der Waals surface area contributed by atoms with Crippen LogP contribution in [0.2, 0.25) is 0 Å². The maximum atomic E-state index is 7.74. The SMILES string of the molecule is CC(C)COCCN1CCCCC1=N. The van der Waals surface area contributed by atoms with Crippen LogP contribution in [-0.4, -0.2) is 37.0 Å². The van der Waals surface area contributed by atoms with Crippen LogP contribution in [-0.2, 0) is 4.74 Å². The molecule has 0 aliphatic carbocycles. The number of nitrogens with one attached hydrogen (secondary N) is 1. The molecule has 1 N–H and O–H groups in total. The van der Waals surface area contributed by atoms with Gasteiger partial charge in [0.25, 0.3) is 0 Å². The van der Waals surface area contributed by atoms with Gasteiger partial charge in [-0.2, -0.15) is 0 Å². The van der Waals surface area contributed by atoms with Crippen molar-refractivity contribution in [1.82, 2.24) is 4.90 Å². The Morgan fingerprint density at radius 2 is 2.21 bits per heavy atom. The molecular weight excluding hydrogens is 176 g/mol. The Bertz CT molecular complexity index is 180. The first-order valence-corrected chi connectivity index (χ1v) is 5.60. The van der Waals surface area contributed by atoms with Crippen molar-refractivity contribution in [3.05, 3.63) is 0 Å². The van der Waals surface area contributed by atoms with Gasteiger partial charge < -0.3 is 9.64 Å². The minimum atomic E-state index is 0.607. The molecule has 0 bridgehead atoms. The van der Waals surface area contributed by atoms with Gasteiger partial charge in [0.1, 0.15) is 0 Å². The lowest BCUT2D eigenvalue weighted by atomic mass is 10.1. The van der Waals surface area contributed by atoms with Crippen molar-refractivity contribution in [3.63, 3.8) is 0 Å². The van der Waals surface area contributed by atoms with E-state index in [0.29, 0.717) is 5.92 Å². The second-order valence-electron chi connectivity index (χ2n) is 4.36. The smallest absolute Gasteiger partial charge is 0.0958 e. The van der Waals surface area contributed by atoms with Gasteiger partial charge in [0.2, 0.25) is 0 Å². The lowest BCUT2D eigenvalue weighted by Crippen LogP contribution is -2.37. The summed E-state index contributed by atoms with van der Waals surface area (Å²) in [5.41, 5.74) is 0. The zero-order valence-corrected chi connectivity index (χ0v) is 9.38. The minimum absolute atomic E-state index is 0.607. The fraction of sp³-hybridized carbons (Fsp3) is 0.909. The van der Waals surface area contributed by atoms with Crippen LogP contribution in [0, 0.1) is 11.3 Å². The van der Waals surface area contributed by atoms with Gasteiger partial charge >= 0.3 is 0 Å². The summed E-state index contributed by atoms with van der Waals surface area (Å²) >= 11 is 0. The standard InChI is InChI=1S/C11H22N2O/c1-10(2)9-14-8-7-13-6-4-3-5-11(13)12/h10,12H,3-9H2,1-2H3. The van der Waals surface area contributed by atoms with E-state index in [9.17, 15) is 0 Å². The van der Waals surface area contributed by atoms with Gasteiger partial charge in [-0.15, -0.1) is 0 Å². The molecule has 1 aliphatic heterocycles. The van der Waals surface area contributed by atoms with Crippen molar-refractivity contribution in [2.45, 2.75) is 33.1 Å². The molecule has 82 valence electrons. The van der Waals surface area contributed by atoms with E-state index in [-0.39, 0.29) is 0 Å². The molecule has 1 fully saturated rings. The summed E-state index contributed by atoms with van der Waals surface area (Å²) in [6.45, 7) is 7.85. The lowest BCUT2D eigenvalue weighted by Gasteiger charge is -2.29. The molecule has 1 aliphatic rings. The van der Waals surface area contributed by atoms with Crippen molar-refractivity contribution in [3.8, 4) is 0 Å². The maximum absolute atomic E-state index is 7.74. The lowest BCUT2D eigenvalue weighted by molar-refractivity contribution is 0.0970. The molecule has 0 aromatic rings. The van der Waals surface area contributed by atoms with Gasteiger partial charge in [0.15, 0.2) is 0 Å². The maximum Gasteiger partial charge on any atom is 0.0958 e. The van der Waals surface area contributed by atoms with Gasteiger partial charge in [-0.25, -0.2) is 0 Å². The topological polar surface area (TPSA) is 36.3 Å². The molecule has 0 radical (unpaired) electrons. The van der Waals surface area contributed by atoms with Gasteiger partial charge in [0.05, 0.1) is 12.4 Å². The van der Waals surface area contributed by atoms with E-state index in [2.05, 4.69) is 18.7 Å². The summed E-state index contributed by atoms with van der Waals surface area (Å²) in [5.74, 6) is 1.40. The fourth-order valence-electron chi connectivity index (χ4n) is 1.63. The normalized spacial score (nSPS) is 17.9. The average molecular weight is 198 g/mol. The number of amidine groups is 1. The third-order valence-electron chi connectivity index (χ3n) is 2.43. The number of rotatable bonds is 5. The minimum Gasteiger partial charge on any atom is -0.379 e. The summed E-state index contributed by atoms with van der Waals surface area (Å²) in [6.07, 6.45) is 3.36. The Labute approximate surface area is 86.9 Å². The third kappa shape index (κ3) is 4.09. The fourth-order valence-corrected chi connectivity index (χ4v) is 1.63. The Hall–Kier alpha value is -0.570. The van der Waals surface area contributed by atoms with Crippen LogP contribution in [0.5, 0.6) is 0 Å². The van der Waals surface area contributed by atoms with Crippen LogP contribution < -0.4 is 0 Å². The number of piperidine rings is 1. The molecule has 3 heteroatoms. The zero-order valence-electron chi connectivity index (χ0n) is 9.38. The summed E-state index contributed by atoms with van der Waals surface area (Å²) in [4.78, 5) is 2.14. The number of ether oxygens (including phenoxy) is 1. The molecule has 0 spiro atoms. The Balaban J connectivity index is 2.07. The Morgan fingerprint density at radius 3 is 2.86 bits per heavy atom. The van der Waals surface area contributed by atoms with E-state index < -0.39 is 0 Å². The average Bonchev–Trinajstić information content (AvgIpc) is 2.15. The molecule has 1 saturated heterocycles. The second-order valence-corrected chi connectivity index (χ2v) is 4.36. The largest absolute Gasteiger partial charge is 0.379 e. The molecule has 3 nitrogen and oxygen atoms in total. The molecule has 0 aromatic carbocycles. The van der Waals surface area contributed by atoms with Crippen molar-refractivity contribution >= 4 is 5.84 Å². The van der Waals surface area contributed by atoms with Crippen molar-refractivity contribution < 1.29 is 4.74 Å². The molecular formula is C11H22N2O. The Kier molecular flexibility index (Phi) is 4.94. The number of nitrogens with zero attached hydrogens (tertiary/aromatic N) is 1. The van der Waals surface area contributed by atoms with E-state index in [1.54, 1.807) is 0 Å². The van der Waals surface area contributed by atoms with E-state index in [1.807, 2.05) is 0 Å². The third-order valence-corrected chi connectivity index (χ3v) is 2.43. The summed E-state index contributed by atoms with van der Waals surface area (Å²) in [5, 5.41) is 7.74. The first-order valence-electron chi connectivity index (χ1n) is 5.60. The molecule has 0 amide bonds. The number of hydrogen-bond donors (Lipinski definition) is 1. The molecule has 14 heavy (non-hydrogen) atoms. The highest BCUT2D eigenvalue weighted by Gasteiger charge is 2.13. The molecule has 0 saturated carbocycles.